The minimum Gasteiger partial charge on any atom is -0.451 e. The molecule has 0 saturated carbocycles. The zero-order valence-electron chi connectivity index (χ0n) is 20.6. The lowest BCUT2D eigenvalue weighted by molar-refractivity contribution is -0.122. The van der Waals surface area contributed by atoms with Crippen molar-refractivity contribution in [3.05, 3.63) is 53.1 Å². The molecule has 4 rings (SSSR count). The van der Waals surface area contributed by atoms with Gasteiger partial charge >= 0.3 is 16.2 Å². The molecular weight excluding hydrogens is 600 g/mol. The number of nitrogens with zero attached hydrogens (tertiary/aromatic N) is 3. The molecule has 2 saturated heterocycles. The lowest BCUT2D eigenvalue weighted by Crippen LogP contribution is -2.62. The third-order valence-electron chi connectivity index (χ3n) is 6.09. The van der Waals surface area contributed by atoms with Crippen molar-refractivity contribution in [1.29, 1.82) is 0 Å². The second-order valence-corrected chi connectivity index (χ2v) is 12.7. The van der Waals surface area contributed by atoms with Gasteiger partial charge in [-0.05, 0) is 36.4 Å². The van der Waals surface area contributed by atoms with Crippen molar-refractivity contribution in [3.8, 4) is 11.5 Å². The highest BCUT2D eigenvalue weighted by molar-refractivity contribution is 7.89. The number of nitrogens with two attached hydrogens (primary N) is 1. The van der Waals surface area contributed by atoms with Gasteiger partial charge in [-0.1, -0.05) is 11.6 Å². The Morgan fingerprint density at radius 2 is 1.60 bits per heavy atom. The number of nitrogens with one attached hydrogen (secondary N) is 1. The van der Waals surface area contributed by atoms with Gasteiger partial charge in [0.15, 0.2) is 17.4 Å². The molecule has 2 aliphatic rings. The Bertz CT molecular complexity index is 1480. The molecule has 0 radical (unpaired) electrons. The van der Waals surface area contributed by atoms with Gasteiger partial charge in [0, 0.05) is 37.7 Å². The van der Waals surface area contributed by atoms with E-state index in [0.29, 0.717) is 25.8 Å². The van der Waals surface area contributed by atoms with Crippen LogP contribution in [0.1, 0.15) is 0 Å². The summed E-state index contributed by atoms with van der Waals surface area (Å²) in [7, 11) is -9.26. The fraction of sp³-hybridized carbons (Fsp3) is 0.364. The largest absolute Gasteiger partial charge is 0.451 e. The second kappa shape index (κ2) is 11.8. The first-order valence-corrected chi connectivity index (χ1v) is 14.9. The first-order valence-electron chi connectivity index (χ1n) is 11.7. The third-order valence-corrected chi connectivity index (χ3v) is 9.67. The number of rotatable bonds is 7. The molecule has 2 fully saturated rings. The van der Waals surface area contributed by atoms with E-state index in [0.717, 1.165) is 0 Å². The van der Waals surface area contributed by atoms with Gasteiger partial charge < -0.3 is 20.1 Å². The lowest BCUT2D eigenvalue weighted by atomic mass is 10.2. The van der Waals surface area contributed by atoms with Crippen molar-refractivity contribution in [2.45, 2.75) is 10.9 Å². The molecule has 1 atom stereocenters. The van der Waals surface area contributed by atoms with Gasteiger partial charge in [-0.2, -0.15) is 17.0 Å². The highest BCUT2D eigenvalue weighted by Gasteiger charge is 2.43. The molecule has 18 heteroatoms. The number of halogens is 3. The maximum atomic E-state index is 14.8. The number of ether oxygens (including phenoxy) is 2. The van der Waals surface area contributed by atoms with Gasteiger partial charge in [-0.3, -0.25) is 4.79 Å². The van der Waals surface area contributed by atoms with E-state index in [1.54, 1.807) is 0 Å². The van der Waals surface area contributed by atoms with Crippen LogP contribution in [0, 0.1) is 11.6 Å². The van der Waals surface area contributed by atoms with E-state index in [4.69, 9.17) is 26.8 Å². The van der Waals surface area contributed by atoms with Crippen molar-refractivity contribution in [2.75, 3.05) is 45.9 Å². The minimum atomic E-state index is -4.76. The molecule has 2 heterocycles. The van der Waals surface area contributed by atoms with Gasteiger partial charge in [-0.25, -0.2) is 26.7 Å². The van der Waals surface area contributed by atoms with Gasteiger partial charge in [0.05, 0.1) is 18.1 Å². The number of hydrogen-bond donors (Lipinski definition) is 2. The monoisotopic (exact) mass is 623 g/mol. The molecule has 2 aromatic rings. The van der Waals surface area contributed by atoms with Gasteiger partial charge in [-0.15, -0.1) is 0 Å². The molecule has 218 valence electrons. The highest BCUT2D eigenvalue weighted by Crippen LogP contribution is 2.32. The summed E-state index contributed by atoms with van der Waals surface area (Å²) in [6, 6.07) is 3.89. The van der Waals surface area contributed by atoms with E-state index in [1.807, 2.05) is 4.72 Å². The van der Waals surface area contributed by atoms with Crippen LogP contribution in [0.4, 0.5) is 13.6 Å². The number of morpholine rings is 1. The summed E-state index contributed by atoms with van der Waals surface area (Å²) in [4.78, 5) is 24.9. The topological polar surface area (TPSA) is 169 Å². The molecule has 0 aromatic heterocycles. The zero-order chi connectivity index (χ0) is 29.2. The Morgan fingerprint density at radius 1 is 1.00 bits per heavy atom. The number of carbonyl (C=O) groups is 2. The molecule has 3 N–H and O–H groups in total. The summed E-state index contributed by atoms with van der Waals surface area (Å²) >= 11 is 5.78. The Balaban J connectivity index is 1.53. The van der Waals surface area contributed by atoms with Crippen molar-refractivity contribution in [2.24, 2.45) is 5.73 Å². The standard InChI is InChI=1S/C22H24ClF2N5O8S2/c23-14-1-3-15(4-2-14)38-20-17(24)11-16(12-18(20)25)39(33,34)30-6-5-29(13-19(30)21(26)31)40(35,36)27-22(32)28-7-9-37-10-8-28/h1-4,11-12,19H,5-10,13H2,(H2,26,31)(H,27,32)/t19-/m1/s1. The number of piperazine rings is 1. The van der Waals surface area contributed by atoms with Gasteiger partial charge in [0.2, 0.25) is 15.9 Å². The number of benzene rings is 2. The Kier molecular flexibility index (Phi) is 8.81. The number of sulfonamides is 1. The maximum absolute atomic E-state index is 14.8. The summed E-state index contributed by atoms with van der Waals surface area (Å²) in [6.07, 6.45) is 0. The number of urea groups is 1. The van der Waals surface area contributed by atoms with E-state index < -0.39 is 80.1 Å². The molecule has 40 heavy (non-hydrogen) atoms. The van der Waals surface area contributed by atoms with Gasteiger partial charge in [0.1, 0.15) is 11.8 Å². The number of primary amides is 1. The van der Waals surface area contributed by atoms with Crippen LogP contribution in [-0.2, 0) is 29.8 Å². The van der Waals surface area contributed by atoms with Crippen LogP contribution in [0.25, 0.3) is 0 Å². The molecule has 3 amide bonds. The van der Waals surface area contributed by atoms with E-state index in [9.17, 15) is 35.2 Å². The molecule has 2 aliphatic heterocycles. The molecular formula is C22H24ClF2N5O8S2. The van der Waals surface area contributed by atoms with Gasteiger partial charge in [0.25, 0.3) is 0 Å². The molecule has 0 aliphatic carbocycles. The molecule has 2 aromatic carbocycles. The summed E-state index contributed by atoms with van der Waals surface area (Å²) in [6.45, 7) is -1.07. The summed E-state index contributed by atoms with van der Waals surface area (Å²) in [5.41, 5.74) is 5.38. The van der Waals surface area contributed by atoms with Crippen LogP contribution >= 0.6 is 11.6 Å². The van der Waals surface area contributed by atoms with Crippen LogP contribution in [-0.4, -0.2) is 94.3 Å². The first-order chi connectivity index (χ1) is 18.8. The SMILES string of the molecule is NC(=O)[C@H]1CN(S(=O)(=O)NC(=O)N2CCOCC2)CCN1S(=O)(=O)c1cc(F)c(Oc2ccc(Cl)cc2)c(F)c1. The van der Waals surface area contributed by atoms with E-state index in [2.05, 4.69) is 0 Å². The van der Waals surface area contributed by atoms with Crippen molar-refractivity contribution in [3.63, 3.8) is 0 Å². The van der Waals surface area contributed by atoms with Crippen molar-refractivity contribution < 1.29 is 44.7 Å². The number of hydrogen-bond acceptors (Lipinski definition) is 8. The lowest BCUT2D eigenvalue weighted by Gasteiger charge is -2.38. The summed E-state index contributed by atoms with van der Waals surface area (Å²) in [5.74, 6) is -4.76. The molecule has 0 bridgehead atoms. The van der Waals surface area contributed by atoms with Crippen molar-refractivity contribution in [1.82, 2.24) is 18.2 Å². The number of carbonyl (C=O) groups excluding carboxylic acids is 2. The van der Waals surface area contributed by atoms with E-state index in [1.165, 1.54) is 29.2 Å². The number of amides is 3. The maximum Gasteiger partial charge on any atom is 0.332 e. The van der Waals surface area contributed by atoms with Crippen molar-refractivity contribution >= 4 is 43.8 Å². The van der Waals surface area contributed by atoms with Crippen LogP contribution in [0.2, 0.25) is 5.02 Å². The predicted octanol–water partition coefficient (Wildman–Crippen LogP) is 0.857. The Labute approximate surface area is 233 Å². The van der Waals surface area contributed by atoms with Crippen LogP contribution in [0.5, 0.6) is 11.5 Å². The van der Waals surface area contributed by atoms with Crippen LogP contribution in [0.15, 0.2) is 41.3 Å². The third kappa shape index (κ3) is 6.45. The highest BCUT2D eigenvalue weighted by atomic mass is 35.5. The zero-order valence-corrected chi connectivity index (χ0v) is 23.0. The minimum absolute atomic E-state index is 0.0321. The smallest absolute Gasteiger partial charge is 0.332 e. The summed E-state index contributed by atoms with van der Waals surface area (Å²) in [5, 5.41) is 0.353. The van der Waals surface area contributed by atoms with E-state index >= 15 is 0 Å². The second-order valence-electron chi connectivity index (χ2n) is 8.68. The average molecular weight is 624 g/mol. The molecule has 0 unspecified atom stereocenters. The Morgan fingerprint density at radius 3 is 2.17 bits per heavy atom. The molecule has 13 nitrogen and oxygen atoms in total. The fourth-order valence-corrected chi connectivity index (χ4v) is 6.89. The van der Waals surface area contributed by atoms with Crippen LogP contribution < -0.4 is 15.2 Å². The first kappa shape index (κ1) is 29.9. The molecule has 0 spiro atoms. The fourth-order valence-electron chi connectivity index (χ4n) is 4.02. The summed E-state index contributed by atoms with van der Waals surface area (Å²) < 4.78 is 95.4. The van der Waals surface area contributed by atoms with Crippen LogP contribution in [0.3, 0.4) is 0 Å². The normalized spacial score (nSPS) is 19.3. The Hall–Kier alpha value is -3.09. The quantitative estimate of drug-likeness (QED) is 0.458. The van der Waals surface area contributed by atoms with E-state index in [-0.39, 0.29) is 32.1 Å². The average Bonchev–Trinajstić information content (AvgIpc) is 2.91. The predicted molar refractivity (Wildman–Crippen MR) is 136 cm³/mol.